The molecule has 0 saturated heterocycles. The van der Waals surface area contributed by atoms with Gasteiger partial charge in [-0.25, -0.2) is 4.39 Å². The van der Waals surface area contributed by atoms with Crippen molar-refractivity contribution in [2.75, 3.05) is 7.11 Å². The van der Waals surface area contributed by atoms with Gasteiger partial charge < -0.3 is 4.74 Å². The molecule has 0 aromatic heterocycles. The standard InChI is InChI=1S/C10H9F3O2/c1-10(12,13)9(14)6-3-4-7(11)8(5-6)15-2/h3-5H,1-2H3. The summed E-state index contributed by atoms with van der Waals surface area (Å²) in [7, 11) is 1.19. The van der Waals surface area contributed by atoms with Crippen LogP contribution in [0.2, 0.25) is 0 Å². The summed E-state index contributed by atoms with van der Waals surface area (Å²) >= 11 is 0. The molecule has 1 aromatic rings. The summed E-state index contributed by atoms with van der Waals surface area (Å²) in [6.07, 6.45) is 0. The molecule has 0 aliphatic heterocycles. The number of hydrogen-bond donors (Lipinski definition) is 0. The second-order valence-corrected chi connectivity index (χ2v) is 3.07. The predicted octanol–water partition coefficient (Wildman–Crippen LogP) is 2.67. The lowest BCUT2D eigenvalue weighted by molar-refractivity contribution is 0.0221. The molecule has 0 heterocycles. The van der Waals surface area contributed by atoms with Gasteiger partial charge in [0.2, 0.25) is 5.78 Å². The van der Waals surface area contributed by atoms with Crippen molar-refractivity contribution in [3.05, 3.63) is 29.6 Å². The van der Waals surface area contributed by atoms with Gasteiger partial charge in [-0.3, -0.25) is 4.79 Å². The highest BCUT2D eigenvalue weighted by atomic mass is 19.3. The van der Waals surface area contributed by atoms with E-state index in [4.69, 9.17) is 0 Å². The summed E-state index contributed by atoms with van der Waals surface area (Å²) in [5, 5.41) is 0. The van der Waals surface area contributed by atoms with Crippen molar-refractivity contribution in [1.82, 2.24) is 0 Å². The molecule has 0 saturated carbocycles. The van der Waals surface area contributed by atoms with Crippen LogP contribution in [0.4, 0.5) is 13.2 Å². The number of carbonyl (C=O) groups is 1. The average Bonchev–Trinajstić information content (AvgIpc) is 2.16. The first-order chi connectivity index (χ1) is 6.86. The maximum atomic E-state index is 12.9. The number of ether oxygens (including phenoxy) is 1. The summed E-state index contributed by atoms with van der Waals surface area (Å²) in [5.74, 6) is -5.76. The van der Waals surface area contributed by atoms with E-state index >= 15 is 0 Å². The van der Waals surface area contributed by atoms with Crippen molar-refractivity contribution < 1.29 is 22.7 Å². The minimum Gasteiger partial charge on any atom is -0.494 e. The maximum absolute atomic E-state index is 12.9. The largest absolute Gasteiger partial charge is 0.494 e. The van der Waals surface area contributed by atoms with Gasteiger partial charge in [0.25, 0.3) is 0 Å². The lowest BCUT2D eigenvalue weighted by atomic mass is 10.1. The van der Waals surface area contributed by atoms with Gasteiger partial charge in [0.15, 0.2) is 11.6 Å². The molecule has 0 amide bonds. The van der Waals surface area contributed by atoms with Crippen molar-refractivity contribution in [3.8, 4) is 5.75 Å². The van der Waals surface area contributed by atoms with E-state index < -0.39 is 17.5 Å². The molecule has 1 aromatic carbocycles. The van der Waals surface area contributed by atoms with Gasteiger partial charge in [0, 0.05) is 12.5 Å². The van der Waals surface area contributed by atoms with Crippen molar-refractivity contribution in [1.29, 1.82) is 0 Å². The molecular formula is C10H9F3O2. The van der Waals surface area contributed by atoms with Crippen molar-refractivity contribution >= 4 is 5.78 Å². The minimum atomic E-state index is -3.47. The first-order valence-electron chi connectivity index (χ1n) is 4.12. The molecule has 5 heteroatoms. The topological polar surface area (TPSA) is 26.3 Å². The van der Waals surface area contributed by atoms with E-state index in [2.05, 4.69) is 4.74 Å². The number of Topliss-reactive ketones (excluding diaryl/α,β-unsaturated/α-hetero) is 1. The Morgan fingerprint density at radius 2 is 2.00 bits per heavy atom. The fourth-order valence-electron chi connectivity index (χ4n) is 1.05. The van der Waals surface area contributed by atoms with E-state index in [9.17, 15) is 18.0 Å². The zero-order valence-corrected chi connectivity index (χ0v) is 8.18. The molecule has 0 fully saturated rings. The molecular weight excluding hydrogens is 209 g/mol. The van der Waals surface area contributed by atoms with Crippen molar-refractivity contribution in [2.24, 2.45) is 0 Å². The molecule has 82 valence electrons. The van der Waals surface area contributed by atoms with Crippen molar-refractivity contribution in [3.63, 3.8) is 0 Å². The van der Waals surface area contributed by atoms with E-state index in [0.29, 0.717) is 6.92 Å². The van der Waals surface area contributed by atoms with Gasteiger partial charge in [0.05, 0.1) is 7.11 Å². The smallest absolute Gasteiger partial charge is 0.307 e. The molecule has 0 aliphatic carbocycles. The number of alkyl halides is 2. The number of halogens is 3. The number of hydrogen-bond acceptors (Lipinski definition) is 2. The zero-order valence-electron chi connectivity index (χ0n) is 8.18. The van der Waals surface area contributed by atoms with Crippen LogP contribution in [-0.2, 0) is 0 Å². The monoisotopic (exact) mass is 218 g/mol. The van der Waals surface area contributed by atoms with E-state index in [-0.39, 0.29) is 11.3 Å². The van der Waals surface area contributed by atoms with Gasteiger partial charge in [-0.1, -0.05) is 0 Å². The normalized spacial score (nSPS) is 11.3. The summed E-state index contributed by atoms with van der Waals surface area (Å²) in [5.41, 5.74) is -0.277. The lowest BCUT2D eigenvalue weighted by Crippen LogP contribution is -2.24. The summed E-state index contributed by atoms with van der Waals surface area (Å²) in [6.45, 7) is 0.491. The van der Waals surface area contributed by atoms with E-state index in [1.54, 1.807) is 0 Å². The Bertz CT molecular complexity index is 383. The quantitative estimate of drug-likeness (QED) is 0.729. The van der Waals surface area contributed by atoms with Gasteiger partial charge >= 0.3 is 5.92 Å². The van der Waals surface area contributed by atoms with Gasteiger partial charge in [-0.2, -0.15) is 8.78 Å². The van der Waals surface area contributed by atoms with Crippen LogP contribution < -0.4 is 4.74 Å². The molecule has 0 N–H and O–H groups in total. The third kappa shape index (κ3) is 2.49. The molecule has 0 aliphatic rings. The predicted molar refractivity (Wildman–Crippen MR) is 47.9 cm³/mol. The van der Waals surface area contributed by atoms with E-state index in [0.717, 1.165) is 18.2 Å². The molecule has 1 rings (SSSR count). The fourth-order valence-corrected chi connectivity index (χ4v) is 1.05. The summed E-state index contributed by atoms with van der Waals surface area (Å²) in [4.78, 5) is 11.1. The zero-order chi connectivity index (χ0) is 11.6. The highest BCUT2D eigenvalue weighted by Gasteiger charge is 2.33. The Morgan fingerprint density at radius 3 is 2.47 bits per heavy atom. The Balaban J connectivity index is 3.12. The summed E-state index contributed by atoms with van der Waals surface area (Å²) < 4.78 is 42.8. The van der Waals surface area contributed by atoms with Crippen LogP contribution in [0.15, 0.2) is 18.2 Å². The van der Waals surface area contributed by atoms with Crippen LogP contribution in [0, 0.1) is 5.82 Å². The number of methoxy groups -OCH3 is 1. The van der Waals surface area contributed by atoms with Crippen LogP contribution in [0.1, 0.15) is 17.3 Å². The van der Waals surface area contributed by atoms with Crippen molar-refractivity contribution in [2.45, 2.75) is 12.8 Å². The van der Waals surface area contributed by atoms with Gasteiger partial charge in [-0.15, -0.1) is 0 Å². The van der Waals surface area contributed by atoms with E-state index in [1.165, 1.54) is 7.11 Å². The van der Waals surface area contributed by atoms with E-state index in [1.807, 2.05) is 0 Å². The molecule has 0 bridgehead atoms. The lowest BCUT2D eigenvalue weighted by Gasteiger charge is -2.09. The number of carbonyl (C=O) groups excluding carboxylic acids is 1. The summed E-state index contributed by atoms with van der Waals surface area (Å²) in [6, 6.07) is 2.87. The Hall–Kier alpha value is -1.52. The number of benzene rings is 1. The highest BCUT2D eigenvalue weighted by molar-refractivity contribution is 6.01. The molecule has 0 unspecified atom stereocenters. The van der Waals surface area contributed by atoms with Gasteiger partial charge in [0.1, 0.15) is 0 Å². The third-order valence-corrected chi connectivity index (χ3v) is 1.81. The fraction of sp³-hybridized carbons (Fsp3) is 0.300. The maximum Gasteiger partial charge on any atom is 0.307 e. The van der Waals surface area contributed by atoms with Crippen LogP contribution in [0.5, 0.6) is 5.75 Å². The Labute approximate surface area is 84.7 Å². The van der Waals surface area contributed by atoms with Gasteiger partial charge in [-0.05, 0) is 18.2 Å². The highest BCUT2D eigenvalue weighted by Crippen LogP contribution is 2.24. The average molecular weight is 218 g/mol. The van der Waals surface area contributed by atoms with Crippen LogP contribution in [-0.4, -0.2) is 18.8 Å². The van der Waals surface area contributed by atoms with Crippen LogP contribution >= 0.6 is 0 Å². The molecule has 0 atom stereocenters. The first-order valence-corrected chi connectivity index (χ1v) is 4.12. The minimum absolute atomic E-state index is 0.231. The SMILES string of the molecule is COc1cc(C(=O)C(C)(F)F)ccc1F. The Morgan fingerprint density at radius 1 is 1.40 bits per heavy atom. The second-order valence-electron chi connectivity index (χ2n) is 3.07. The second kappa shape index (κ2) is 3.92. The third-order valence-electron chi connectivity index (χ3n) is 1.81. The first kappa shape index (κ1) is 11.6. The number of rotatable bonds is 3. The molecule has 0 spiro atoms. The number of ketones is 1. The molecule has 0 radical (unpaired) electrons. The molecule has 15 heavy (non-hydrogen) atoms. The van der Waals surface area contributed by atoms with Crippen LogP contribution in [0.25, 0.3) is 0 Å². The Kier molecular flexibility index (Phi) is 3.02. The van der Waals surface area contributed by atoms with Crippen LogP contribution in [0.3, 0.4) is 0 Å². The molecule has 2 nitrogen and oxygen atoms in total.